The third-order valence-corrected chi connectivity index (χ3v) is 6.04. The summed E-state index contributed by atoms with van der Waals surface area (Å²) in [5.74, 6) is -1.27. The van der Waals surface area contributed by atoms with Gasteiger partial charge in [-0.05, 0) is 36.6 Å². The lowest BCUT2D eigenvalue weighted by Crippen LogP contribution is -2.25. The van der Waals surface area contributed by atoms with Gasteiger partial charge in [-0.3, -0.25) is 4.79 Å². The van der Waals surface area contributed by atoms with E-state index >= 15 is 0 Å². The van der Waals surface area contributed by atoms with E-state index in [1.165, 1.54) is 6.07 Å². The van der Waals surface area contributed by atoms with Crippen LogP contribution in [0.3, 0.4) is 0 Å². The van der Waals surface area contributed by atoms with Crippen molar-refractivity contribution in [3.05, 3.63) is 83.7 Å². The highest BCUT2D eigenvalue weighted by Crippen LogP contribution is 2.43. The summed E-state index contributed by atoms with van der Waals surface area (Å²) in [4.78, 5) is 24.3. The van der Waals surface area contributed by atoms with E-state index < -0.39 is 18.2 Å². The van der Waals surface area contributed by atoms with Crippen molar-refractivity contribution >= 4 is 11.9 Å². The van der Waals surface area contributed by atoms with E-state index in [4.69, 9.17) is 9.47 Å². The summed E-state index contributed by atoms with van der Waals surface area (Å²) < 4.78 is 24.9. The van der Waals surface area contributed by atoms with Crippen molar-refractivity contribution in [2.45, 2.75) is 44.0 Å². The summed E-state index contributed by atoms with van der Waals surface area (Å²) in [5, 5.41) is 10.4. The van der Waals surface area contributed by atoms with Crippen molar-refractivity contribution in [3.63, 3.8) is 0 Å². The Morgan fingerprint density at radius 2 is 1.94 bits per heavy atom. The second-order valence-corrected chi connectivity index (χ2v) is 8.10. The third kappa shape index (κ3) is 5.02. The second-order valence-electron chi connectivity index (χ2n) is 8.10. The molecule has 162 valence electrons. The van der Waals surface area contributed by atoms with Crippen LogP contribution in [0.4, 0.5) is 4.39 Å². The first-order valence-electron chi connectivity index (χ1n) is 10.6. The molecule has 0 radical (unpaired) electrons. The molecule has 0 amide bonds. The van der Waals surface area contributed by atoms with Crippen LogP contribution in [0, 0.1) is 17.7 Å². The molecule has 31 heavy (non-hydrogen) atoms. The topological polar surface area (TPSA) is 72.8 Å². The quantitative estimate of drug-likeness (QED) is 0.540. The molecule has 1 heterocycles. The second kappa shape index (κ2) is 9.43. The fourth-order valence-corrected chi connectivity index (χ4v) is 4.43. The van der Waals surface area contributed by atoms with Crippen LogP contribution >= 0.6 is 0 Å². The highest BCUT2D eigenvalue weighted by atomic mass is 19.1. The summed E-state index contributed by atoms with van der Waals surface area (Å²) >= 11 is 0. The third-order valence-electron chi connectivity index (χ3n) is 6.04. The Hall–Kier alpha value is -2.99. The zero-order chi connectivity index (χ0) is 21.8. The average Bonchev–Trinajstić information content (AvgIpc) is 3.27. The molecule has 2 aliphatic rings. The maximum atomic E-state index is 13.8. The molecule has 5 atom stereocenters. The maximum Gasteiger partial charge on any atom is 0.338 e. The van der Waals surface area contributed by atoms with Gasteiger partial charge in [0.1, 0.15) is 18.0 Å². The van der Waals surface area contributed by atoms with Gasteiger partial charge in [0, 0.05) is 18.3 Å². The van der Waals surface area contributed by atoms with E-state index in [0.29, 0.717) is 30.4 Å². The average molecular weight is 424 g/mol. The molecule has 4 unspecified atom stereocenters. The Labute approximate surface area is 180 Å². The van der Waals surface area contributed by atoms with Gasteiger partial charge in [-0.1, -0.05) is 48.6 Å². The molecule has 0 spiro atoms. The number of fused-ring (bicyclic) bond motifs is 1. The summed E-state index contributed by atoms with van der Waals surface area (Å²) in [5.41, 5.74) is 1.02. The van der Waals surface area contributed by atoms with Gasteiger partial charge in [0.2, 0.25) is 0 Å². The number of hydrogen-bond donors (Lipinski definition) is 1. The summed E-state index contributed by atoms with van der Waals surface area (Å²) in [6.07, 6.45) is 3.45. The molecule has 4 rings (SSSR count). The highest BCUT2D eigenvalue weighted by Gasteiger charge is 2.50. The van der Waals surface area contributed by atoms with Gasteiger partial charge >= 0.3 is 11.9 Å². The van der Waals surface area contributed by atoms with Crippen molar-refractivity contribution in [2.75, 3.05) is 0 Å². The van der Waals surface area contributed by atoms with Crippen molar-refractivity contribution in [1.29, 1.82) is 0 Å². The van der Waals surface area contributed by atoms with Gasteiger partial charge in [0.15, 0.2) is 0 Å². The zero-order valence-electron chi connectivity index (χ0n) is 17.0. The number of carbonyl (C=O) groups is 2. The molecule has 0 aromatic heterocycles. The Bertz CT molecular complexity index is 957. The van der Waals surface area contributed by atoms with Crippen LogP contribution in [-0.2, 0) is 20.7 Å². The Morgan fingerprint density at radius 3 is 2.71 bits per heavy atom. The number of ether oxygens (including phenoxy) is 2. The lowest BCUT2D eigenvalue weighted by atomic mass is 9.91. The molecule has 2 fully saturated rings. The van der Waals surface area contributed by atoms with Gasteiger partial charge in [-0.2, -0.15) is 0 Å². The predicted octanol–water partition coefficient (Wildman–Crippen LogP) is 3.85. The first kappa shape index (κ1) is 21.2. The molecule has 0 bridgehead atoms. The van der Waals surface area contributed by atoms with Crippen LogP contribution in [0.25, 0.3) is 0 Å². The number of benzene rings is 2. The lowest BCUT2D eigenvalue weighted by Gasteiger charge is -2.20. The number of esters is 2. The number of aryl methyl sites for hydroxylation is 1. The largest absolute Gasteiger partial charge is 0.462 e. The van der Waals surface area contributed by atoms with Crippen LogP contribution in [0.15, 0.2) is 66.7 Å². The summed E-state index contributed by atoms with van der Waals surface area (Å²) in [7, 11) is 0. The minimum absolute atomic E-state index is 0.0870. The Kier molecular flexibility index (Phi) is 6.47. The predicted molar refractivity (Wildman–Crippen MR) is 112 cm³/mol. The first-order chi connectivity index (χ1) is 15.0. The van der Waals surface area contributed by atoms with E-state index in [2.05, 4.69) is 0 Å². The summed E-state index contributed by atoms with van der Waals surface area (Å²) in [6, 6.07) is 15.2. The fourth-order valence-electron chi connectivity index (χ4n) is 4.43. The molecule has 1 aliphatic carbocycles. The fraction of sp³-hybridized carbons (Fsp3) is 0.360. The van der Waals surface area contributed by atoms with E-state index in [9.17, 15) is 19.1 Å². The number of aliphatic hydroxyl groups is 1. The normalized spacial score (nSPS) is 25.9. The minimum Gasteiger partial charge on any atom is -0.462 e. The van der Waals surface area contributed by atoms with Crippen molar-refractivity contribution in [2.24, 2.45) is 11.8 Å². The molecule has 2 aromatic carbocycles. The monoisotopic (exact) mass is 424 g/mol. The van der Waals surface area contributed by atoms with Gasteiger partial charge < -0.3 is 14.6 Å². The van der Waals surface area contributed by atoms with Crippen LogP contribution in [-0.4, -0.2) is 35.4 Å². The van der Waals surface area contributed by atoms with E-state index in [-0.39, 0.29) is 36.1 Å². The number of aliphatic hydroxyl groups excluding tert-OH is 1. The summed E-state index contributed by atoms with van der Waals surface area (Å²) in [6.45, 7) is 0. The van der Waals surface area contributed by atoms with Gasteiger partial charge in [-0.25, -0.2) is 9.18 Å². The molecule has 1 saturated carbocycles. The van der Waals surface area contributed by atoms with Gasteiger partial charge in [-0.15, -0.1) is 0 Å². The molecular formula is C25H25FO5. The van der Waals surface area contributed by atoms with Gasteiger partial charge in [0.05, 0.1) is 18.1 Å². The van der Waals surface area contributed by atoms with Crippen LogP contribution < -0.4 is 0 Å². The molecule has 1 saturated heterocycles. The number of carbonyl (C=O) groups excluding carboxylic acids is 2. The molecule has 5 nitrogen and oxygen atoms in total. The standard InChI is InChI=1S/C25H25FO5/c26-21-9-5-4-6-16(21)10-11-18(27)12-13-19-20-14-24(28)30-23(20)15-22(19)31-25(29)17-7-2-1-3-8-17/h1-9,12-13,18-20,22-23,27H,10-11,14-15H2/b13-12+/t18?,19?,20?,22-,23?/m1/s1. The number of rotatable bonds is 7. The Balaban J connectivity index is 1.41. The molecule has 2 aromatic rings. The SMILES string of the molecule is O=C1CC2C(C[C@@H](OC(=O)c3ccccc3)C2/C=C/C(O)CCc2ccccc2F)O1. The Morgan fingerprint density at radius 1 is 1.19 bits per heavy atom. The van der Waals surface area contributed by atoms with E-state index in [1.54, 1.807) is 48.5 Å². The highest BCUT2D eigenvalue weighted by molar-refractivity contribution is 5.89. The maximum absolute atomic E-state index is 13.8. The van der Waals surface area contributed by atoms with Crippen LogP contribution in [0.1, 0.15) is 35.2 Å². The van der Waals surface area contributed by atoms with E-state index in [0.717, 1.165) is 0 Å². The molecular weight excluding hydrogens is 399 g/mol. The number of halogens is 1. The van der Waals surface area contributed by atoms with E-state index in [1.807, 2.05) is 12.1 Å². The molecule has 1 N–H and O–H groups in total. The van der Waals surface area contributed by atoms with Crippen molar-refractivity contribution in [3.8, 4) is 0 Å². The zero-order valence-corrected chi connectivity index (χ0v) is 17.0. The smallest absolute Gasteiger partial charge is 0.338 e. The first-order valence-corrected chi connectivity index (χ1v) is 10.6. The van der Waals surface area contributed by atoms with Crippen LogP contribution in [0.2, 0.25) is 0 Å². The lowest BCUT2D eigenvalue weighted by molar-refractivity contribution is -0.141. The van der Waals surface area contributed by atoms with Crippen molar-refractivity contribution in [1.82, 2.24) is 0 Å². The molecule has 6 heteroatoms. The minimum atomic E-state index is -0.776. The molecule has 1 aliphatic heterocycles. The van der Waals surface area contributed by atoms with Gasteiger partial charge in [0.25, 0.3) is 0 Å². The van der Waals surface area contributed by atoms with Crippen molar-refractivity contribution < 1.29 is 28.6 Å². The number of hydrogen-bond acceptors (Lipinski definition) is 5. The van der Waals surface area contributed by atoms with Crippen LogP contribution in [0.5, 0.6) is 0 Å².